The van der Waals surface area contributed by atoms with Crippen LogP contribution in [0.3, 0.4) is 0 Å². The average molecular weight is 495 g/mol. The van der Waals surface area contributed by atoms with Gasteiger partial charge in [0.2, 0.25) is 0 Å². The number of hydrogen-bond acceptors (Lipinski definition) is 6. The number of fused-ring (bicyclic) bond motifs is 1. The SMILES string of the molecule is Cc1nc(NCc2c(F)cccc2F)c2c(n1)C(S(=O)(=O)c1ccccc1)CN2Br. The molecule has 4 rings (SSSR count). The number of rotatable bonds is 5. The zero-order chi connectivity index (χ0) is 21.5. The first-order valence-electron chi connectivity index (χ1n) is 9.06. The van der Waals surface area contributed by atoms with E-state index >= 15 is 0 Å². The number of sulfone groups is 1. The Morgan fingerprint density at radius 2 is 1.77 bits per heavy atom. The molecule has 0 saturated heterocycles. The number of hydrogen-bond donors (Lipinski definition) is 1. The van der Waals surface area contributed by atoms with Crippen molar-refractivity contribution in [3.63, 3.8) is 0 Å². The van der Waals surface area contributed by atoms with Crippen molar-refractivity contribution in [1.29, 1.82) is 0 Å². The first kappa shape index (κ1) is 20.7. The lowest BCUT2D eigenvalue weighted by molar-refractivity contribution is 0.560. The van der Waals surface area contributed by atoms with E-state index in [9.17, 15) is 17.2 Å². The molecule has 0 saturated carbocycles. The Morgan fingerprint density at radius 3 is 2.43 bits per heavy atom. The van der Waals surface area contributed by atoms with Crippen LogP contribution in [0.1, 0.15) is 22.3 Å². The van der Waals surface area contributed by atoms with Gasteiger partial charge in [0, 0.05) is 28.3 Å². The van der Waals surface area contributed by atoms with Gasteiger partial charge in [-0.15, -0.1) is 0 Å². The van der Waals surface area contributed by atoms with Crippen LogP contribution in [0.5, 0.6) is 0 Å². The van der Waals surface area contributed by atoms with E-state index in [0.29, 0.717) is 23.0 Å². The summed E-state index contributed by atoms with van der Waals surface area (Å²) in [7, 11) is -3.71. The highest BCUT2D eigenvalue weighted by Gasteiger charge is 2.41. The summed E-state index contributed by atoms with van der Waals surface area (Å²) in [6, 6.07) is 11.8. The van der Waals surface area contributed by atoms with Gasteiger partial charge in [0.05, 0.1) is 17.1 Å². The van der Waals surface area contributed by atoms with Crippen molar-refractivity contribution in [1.82, 2.24) is 9.97 Å². The van der Waals surface area contributed by atoms with Crippen LogP contribution in [0.25, 0.3) is 0 Å². The Labute approximate surface area is 181 Å². The Morgan fingerprint density at radius 1 is 1.10 bits per heavy atom. The molecule has 0 bridgehead atoms. The summed E-state index contributed by atoms with van der Waals surface area (Å²) in [5.74, 6) is -0.709. The predicted octanol–water partition coefficient (Wildman–Crippen LogP) is 4.32. The Hall–Kier alpha value is -2.59. The van der Waals surface area contributed by atoms with E-state index < -0.39 is 26.7 Å². The fourth-order valence-electron chi connectivity index (χ4n) is 3.39. The molecule has 3 aromatic rings. The predicted molar refractivity (Wildman–Crippen MR) is 113 cm³/mol. The largest absolute Gasteiger partial charge is 0.364 e. The van der Waals surface area contributed by atoms with E-state index in [0.717, 1.165) is 0 Å². The van der Waals surface area contributed by atoms with Crippen molar-refractivity contribution in [3.05, 3.63) is 77.2 Å². The molecule has 1 aromatic heterocycles. The third-order valence-corrected chi connectivity index (χ3v) is 7.53. The van der Waals surface area contributed by atoms with Gasteiger partial charge in [-0.3, -0.25) is 0 Å². The Balaban J connectivity index is 1.72. The fourth-order valence-corrected chi connectivity index (χ4v) is 5.89. The number of aryl methyl sites for hydroxylation is 1. The number of aromatic nitrogens is 2. The lowest BCUT2D eigenvalue weighted by Crippen LogP contribution is -2.18. The summed E-state index contributed by atoms with van der Waals surface area (Å²) in [5, 5.41) is 2.01. The maximum atomic E-state index is 14.0. The van der Waals surface area contributed by atoms with E-state index in [1.54, 1.807) is 41.2 Å². The molecule has 0 radical (unpaired) electrons. The molecule has 6 nitrogen and oxygen atoms in total. The second kappa shape index (κ2) is 7.92. The van der Waals surface area contributed by atoms with Crippen molar-refractivity contribution in [2.75, 3.05) is 15.8 Å². The standard InChI is InChI=1S/C20H17BrF2N4O2S/c1-12-25-18-17(30(28,29)13-6-3-2-4-7-13)11-27(21)19(18)20(26-12)24-10-14-15(22)8-5-9-16(14)23/h2-9,17H,10-11H2,1H3,(H,24,25,26). The molecule has 0 amide bonds. The number of nitrogens with zero attached hydrogens (tertiary/aromatic N) is 3. The number of nitrogens with one attached hydrogen (secondary N) is 1. The summed E-state index contributed by atoms with van der Waals surface area (Å²) < 4.78 is 55.9. The lowest BCUT2D eigenvalue weighted by Gasteiger charge is -2.15. The van der Waals surface area contributed by atoms with Crippen LogP contribution in [-0.4, -0.2) is 24.9 Å². The number of anilines is 2. The van der Waals surface area contributed by atoms with E-state index in [1.165, 1.54) is 18.2 Å². The summed E-state index contributed by atoms with van der Waals surface area (Å²) in [6.45, 7) is 1.60. The van der Waals surface area contributed by atoms with Gasteiger partial charge in [-0.05, 0) is 31.2 Å². The van der Waals surface area contributed by atoms with Crippen molar-refractivity contribution < 1.29 is 17.2 Å². The second-order valence-corrected chi connectivity index (χ2v) is 9.79. The van der Waals surface area contributed by atoms with Crippen molar-refractivity contribution in [2.45, 2.75) is 23.6 Å². The molecule has 0 aliphatic carbocycles. The van der Waals surface area contributed by atoms with Gasteiger partial charge in [0.25, 0.3) is 0 Å². The maximum absolute atomic E-state index is 14.0. The highest BCUT2D eigenvalue weighted by atomic mass is 79.9. The van der Waals surface area contributed by atoms with Crippen molar-refractivity contribution >= 4 is 37.5 Å². The highest BCUT2D eigenvalue weighted by molar-refractivity contribution is 9.10. The van der Waals surface area contributed by atoms with Crippen LogP contribution in [0.2, 0.25) is 0 Å². The average Bonchev–Trinajstić information content (AvgIpc) is 3.05. The van der Waals surface area contributed by atoms with Crippen LogP contribution >= 0.6 is 16.1 Å². The Bertz CT molecular complexity index is 1190. The van der Waals surface area contributed by atoms with Gasteiger partial charge < -0.3 is 9.24 Å². The monoisotopic (exact) mass is 494 g/mol. The Kier molecular flexibility index (Phi) is 5.46. The third kappa shape index (κ3) is 3.65. The number of benzene rings is 2. The zero-order valence-electron chi connectivity index (χ0n) is 15.8. The van der Waals surface area contributed by atoms with Gasteiger partial charge in [-0.1, -0.05) is 24.3 Å². The molecule has 1 unspecified atom stereocenters. The molecule has 1 N–H and O–H groups in total. The molecule has 10 heteroatoms. The minimum atomic E-state index is -3.71. The third-order valence-electron chi connectivity index (χ3n) is 4.84. The molecule has 30 heavy (non-hydrogen) atoms. The summed E-state index contributed by atoms with van der Waals surface area (Å²) in [5.41, 5.74) is 0.636. The second-order valence-electron chi connectivity index (χ2n) is 6.80. The molecule has 2 heterocycles. The van der Waals surface area contributed by atoms with Gasteiger partial charge in [-0.25, -0.2) is 27.2 Å². The van der Waals surface area contributed by atoms with Crippen LogP contribution < -0.4 is 9.24 Å². The van der Waals surface area contributed by atoms with Crippen LogP contribution in [0, 0.1) is 18.6 Å². The van der Waals surface area contributed by atoms with E-state index in [-0.39, 0.29) is 23.5 Å². The fraction of sp³-hybridized carbons (Fsp3) is 0.200. The summed E-state index contributed by atoms with van der Waals surface area (Å²) in [6.07, 6.45) is 0. The smallest absolute Gasteiger partial charge is 0.188 e. The van der Waals surface area contributed by atoms with Crippen LogP contribution in [0.15, 0.2) is 53.4 Å². The summed E-state index contributed by atoms with van der Waals surface area (Å²) >= 11 is 3.37. The first-order valence-corrected chi connectivity index (χ1v) is 11.3. The first-order chi connectivity index (χ1) is 14.3. The van der Waals surface area contributed by atoms with Crippen LogP contribution in [0.4, 0.5) is 20.3 Å². The zero-order valence-corrected chi connectivity index (χ0v) is 18.2. The highest BCUT2D eigenvalue weighted by Crippen LogP contribution is 2.45. The van der Waals surface area contributed by atoms with E-state index in [1.807, 2.05) is 0 Å². The molecular weight excluding hydrogens is 478 g/mol. The number of halogens is 3. The quantitative estimate of drug-likeness (QED) is 0.532. The minimum Gasteiger partial charge on any atom is -0.364 e. The molecule has 1 aliphatic rings. The molecular formula is C20H17BrF2N4O2S. The van der Waals surface area contributed by atoms with Crippen molar-refractivity contribution in [2.24, 2.45) is 0 Å². The molecule has 1 aliphatic heterocycles. The topological polar surface area (TPSA) is 75.2 Å². The molecule has 156 valence electrons. The molecule has 0 spiro atoms. The molecule has 2 aromatic carbocycles. The molecule has 0 fully saturated rings. The normalized spacial score (nSPS) is 15.9. The minimum absolute atomic E-state index is 0.118. The maximum Gasteiger partial charge on any atom is 0.188 e. The van der Waals surface area contributed by atoms with Crippen LogP contribution in [-0.2, 0) is 16.4 Å². The van der Waals surface area contributed by atoms with Gasteiger partial charge in [0.15, 0.2) is 15.7 Å². The van der Waals surface area contributed by atoms with Gasteiger partial charge >= 0.3 is 0 Å². The summed E-state index contributed by atoms with van der Waals surface area (Å²) in [4.78, 5) is 8.90. The van der Waals surface area contributed by atoms with E-state index in [4.69, 9.17) is 0 Å². The van der Waals surface area contributed by atoms with E-state index in [2.05, 4.69) is 31.4 Å². The van der Waals surface area contributed by atoms with Crippen molar-refractivity contribution in [3.8, 4) is 0 Å². The van der Waals surface area contributed by atoms with Gasteiger partial charge in [0.1, 0.15) is 28.4 Å². The van der Waals surface area contributed by atoms with Gasteiger partial charge in [-0.2, -0.15) is 0 Å². The molecule has 1 atom stereocenters. The lowest BCUT2D eigenvalue weighted by atomic mass is 10.2.